The molecule has 1 fully saturated rings. The number of para-hydroxylation sites is 1. The summed E-state index contributed by atoms with van der Waals surface area (Å²) in [7, 11) is 0. The molecule has 4 rings (SSSR count). The van der Waals surface area contributed by atoms with Crippen molar-refractivity contribution >= 4 is 0 Å². The monoisotopic (exact) mass is 336 g/mol. The molecule has 0 bridgehead atoms. The Kier molecular flexibility index (Phi) is 4.78. The molecule has 0 amide bonds. The van der Waals surface area contributed by atoms with Gasteiger partial charge in [0.15, 0.2) is 0 Å². The molecule has 3 nitrogen and oxygen atoms in total. The predicted octanol–water partition coefficient (Wildman–Crippen LogP) is 4.15. The van der Waals surface area contributed by atoms with E-state index in [2.05, 4.69) is 71.7 Å². The van der Waals surface area contributed by atoms with Crippen LogP contribution < -0.4 is 10.1 Å². The van der Waals surface area contributed by atoms with E-state index in [1.54, 1.807) is 0 Å². The SMILES string of the molecule is CCNC1CC2(CCN(Cc3ccccc3)CC2)Oc2ccccc21. The molecule has 2 aromatic rings. The molecule has 0 aromatic heterocycles. The third-order valence-corrected chi connectivity index (χ3v) is 5.66. The average Bonchev–Trinajstić information content (AvgIpc) is 2.65. The molecule has 0 saturated carbocycles. The van der Waals surface area contributed by atoms with Gasteiger partial charge < -0.3 is 10.1 Å². The van der Waals surface area contributed by atoms with Crippen LogP contribution in [0, 0.1) is 0 Å². The number of piperidine rings is 1. The maximum absolute atomic E-state index is 6.57. The first-order valence-electron chi connectivity index (χ1n) is 9.56. The van der Waals surface area contributed by atoms with Gasteiger partial charge >= 0.3 is 0 Å². The van der Waals surface area contributed by atoms with Gasteiger partial charge in [-0.15, -0.1) is 0 Å². The maximum atomic E-state index is 6.57. The summed E-state index contributed by atoms with van der Waals surface area (Å²) in [6.07, 6.45) is 3.29. The van der Waals surface area contributed by atoms with Gasteiger partial charge in [-0.25, -0.2) is 0 Å². The van der Waals surface area contributed by atoms with Crippen LogP contribution in [0.3, 0.4) is 0 Å². The van der Waals surface area contributed by atoms with Crippen LogP contribution in [-0.4, -0.2) is 30.1 Å². The van der Waals surface area contributed by atoms with E-state index in [4.69, 9.17) is 4.74 Å². The minimum Gasteiger partial charge on any atom is -0.487 e. The fourth-order valence-corrected chi connectivity index (χ4v) is 4.31. The van der Waals surface area contributed by atoms with Crippen molar-refractivity contribution < 1.29 is 4.74 Å². The third-order valence-electron chi connectivity index (χ3n) is 5.66. The number of rotatable bonds is 4. The molecule has 1 saturated heterocycles. The normalized spacial score (nSPS) is 22.4. The number of benzene rings is 2. The predicted molar refractivity (Wildman–Crippen MR) is 102 cm³/mol. The second-order valence-electron chi connectivity index (χ2n) is 7.40. The van der Waals surface area contributed by atoms with Gasteiger partial charge in [0.1, 0.15) is 11.4 Å². The van der Waals surface area contributed by atoms with Crippen molar-refractivity contribution in [2.24, 2.45) is 0 Å². The van der Waals surface area contributed by atoms with Crippen molar-refractivity contribution in [2.45, 2.75) is 44.4 Å². The van der Waals surface area contributed by atoms with Gasteiger partial charge in [0.2, 0.25) is 0 Å². The van der Waals surface area contributed by atoms with E-state index in [1.165, 1.54) is 11.1 Å². The average molecular weight is 336 g/mol. The molecule has 2 aliphatic heterocycles. The van der Waals surface area contributed by atoms with E-state index in [-0.39, 0.29) is 5.60 Å². The zero-order chi connectivity index (χ0) is 17.1. The number of fused-ring (bicyclic) bond motifs is 1. The van der Waals surface area contributed by atoms with Crippen LogP contribution in [0.5, 0.6) is 5.75 Å². The summed E-state index contributed by atoms with van der Waals surface area (Å²) in [6, 6.07) is 19.7. The van der Waals surface area contributed by atoms with Crippen LogP contribution in [-0.2, 0) is 6.54 Å². The van der Waals surface area contributed by atoms with Crippen molar-refractivity contribution in [1.29, 1.82) is 0 Å². The van der Waals surface area contributed by atoms with Gasteiger partial charge in [-0.2, -0.15) is 0 Å². The number of nitrogens with one attached hydrogen (secondary N) is 1. The van der Waals surface area contributed by atoms with Crippen molar-refractivity contribution in [3.63, 3.8) is 0 Å². The highest BCUT2D eigenvalue weighted by Gasteiger charge is 2.42. The first-order chi connectivity index (χ1) is 12.3. The summed E-state index contributed by atoms with van der Waals surface area (Å²) >= 11 is 0. The highest BCUT2D eigenvalue weighted by atomic mass is 16.5. The molecule has 1 N–H and O–H groups in total. The Hall–Kier alpha value is -1.84. The first kappa shape index (κ1) is 16.6. The molecule has 0 aliphatic carbocycles. The van der Waals surface area contributed by atoms with Gasteiger partial charge in [-0.1, -0.05) is 55.5 Å². The van der Waals surface area contributed by atoms with Crippen LogP contribution in [0.25, 0.3) is 0 Å². The maximum Gasteiger partial charge on any atom is 0.124 e. The Morgan fingerprint density at radius 1 is 1.04 bits per heavy atom. The Balaban J connectivity index is 1.45. The molecular formula is C22H28N2O. The molecule has 1 atom stereocenters. The van der Waals surface area contributed by atoms with Crippen LogP contribution in [0.1, 0.15) is 43.4 Å². The fourth-order valence-electron chi connectivity index (χ4n) is 4.31. The van der Waals surface area contributed by atoms with Crippen molar-refractivity contribution in [2.75, 3.05) is 19.6 Å². The van der Waals surface area contributed by atoms with E-state index >= 15 is 0 Å². The van der Waals surface area contributed by atoms with E-state index in [0.29, 0.717) is 6.04 Å². The fraction of sp³-hybridized carbons (Fsp3) is 0.455. The second kappa shape index (κ2) is 7.19. The van der Waals surface area contributed by atoms with Crippen LogP contribution in [0.4, 0.5) is 0 Å². The molecule has 3 heteroatoms. The number of likely N-dealkylation sites (tertiary alicyclic amines) is 1. The van der Waals surface area contributed by atoms with Crippen LogP contribution in [0.15, 0.2) is 54.6 Å². The molecule has 0 radical (unpaired) electrons. The topological polar surface area (TPSA) is 24.5 Å². The standard InChI is InChI=1S/C22H28N2O/c1-2-23-20-16-22(25-21-11-7-6-10-19(20)21)12-14-24(15-13-22)17-18-8-4-3-5-9-18/h3-11,20,23H,2,12-17H2,1H3. The summed E-state index contributed by atoms with van der Waals surface area (Å²) in [6.45, 7) is 6.44. The Morgan fingerprint density at radius 3 is 2.52 bits per heavy atom. The summed E-state index contributed by atoms with van der Waals surface area (Å²) in [4.78, 5) is 2.56. The minimum absolute atomic E-state index is 0.00558. The quantitative estimate of drug-likeness (QED) is 0.907. The molecular weight excluding hydrogens is 308 g/mol. The molecule has 2 aromatic carbocycles. The lowest BCUT2D eigenvalue weighted by Crippen LogP contribution is -2.51. The van der Waals surface area contributed by atoms with Gasteiger partial charge in [0.25, 0.3) is 0 Å². The lowest BCUT2D eigenvalue weighted by Gasteiger charge is -2.47. The summed E-state index contributed by atoms with van der Waals surface area (Å²) < 4.78 is 6.57. The van der Waals surface area contributed by atoms with Gasteiger partial charge in [0, 0.05) is 37.7 Å². The van der Waals surface area contributed by atoms with E-state index in [0.717, 1.165) is 51.2 Å². The third kappa shape index (κ3) is 3.58. The lowest BCUT2D eigenvalue weighted by atomic mass is 9.80. The van der Waals surface area contributed by atoms with Crippen LogP contribution >= 0.6 is 0 Å². The van der Waals surface area contributed by atoms with Crippen LogP contribution in [0.2, 0.25) is 0 Å². The first-order valence-corrected chi connectivity index (χ1v) is 9.56. The number of ether oxygens (including phenoxy) is 1. The number of hydrogen-bond acceptors (Lipinski definition) is 3. The molecule has 25 heavy (non-hydrogen) atoms. The zero-order valence-corrected chi connectivity index (χ0v) is 15.1. The summed E-state index contributed by atoms with van der Waals surface area (Å²) in [5.74, 6) is 1.08. The highest BCUT2D eigenvalue weighted by Crippen LogP contribution is 2.44. The Morgan fingerprint density at radius 2 is 1.76 bits per heavy atom. The lowest BCUT2D eigenvalue weighted by molar-refractivity contribution is -0.0268. The molecule has 1 unspecified atom stereocenters. The summed E-state index contributed by atoms with van der Waals surface area (Å²) in [5.41, 5.74) is 2.72. The Labute approximate surface area is 151 Å². The van der Waals surface area contributed by atoms with Crippen molar-refractivity contribution in [3.8, 4) is 5.75 Å². The van der Waals surface area contributed by atoms with Crippen molar-refractivity contribution in [3.05, 3.63) is 65.7 Å². The molecule has 132 valence electrons. The highest BCUT2D eigenvalue weighted by molar-refractivity contribution is 5.39. The van der Waals surface area contributed by atoms with Gasteiger partial charge in [0.05, 0.1) is 0 Å². The molecule has 1 spiro atoms. The van der Waals surface area contributed by atoms with Crippen molar-refractivity contribution in [1.82, 2.24) is 10.2 Å². The molecule has 2 aliphatic rings. The smallest absolute Gasteiger partial charge is 0.124 e. The number of nitrogens with zero attached hydrogens (tertiary/aromatic N) is 1. The van der Waals surface area contributed by atoms with Gasteiger partial charge in [-0.3, -0.25) is 4.90 Å². The number of hydrogen-bond donors (Lipinski definition) is 1. The van der Waals surface area contributed by atoms with E-state index in [1.807, 2.05) is 0 Å². The minimum atomic E-state index is -0.00558. The van der Waals surface area contributed by atoms with Gasteiger partial charge in [-0.05, 0) is 31.0 Å². The second-order valence-corrected chi connectivity index (χ2v) is 7.40. The largest absolute Gasteiger partial charge is 0.487 e. The zero-order valence-electron chi connectivity index (χ0n) is 15.1. The van der Waals surface area contributed by atoms with E-state index in [9.17, 15) is 0 Å². The summed E-state index contributed by atoms with van der Waals surface area (Å²) in [5, 5.41) is 3.67. The molecule has 2 heterocycles. The van der Waals surface area contributed by atoms with E-state index < -0.39 is 0 Å². The Bertz CT molecular complexity index is 692.